The van der Waals surface area contributed by atoms with Gasteiger partial charge in [-0.1, -0.05) is 12.8 Å². The predicted molar refractivity (Wildman–Crippen MR) is 99.5 cm³/mol. The van der Waals surface area contributed by atoms with Gasteiger partial charge < -0.3 is 19.9 Å². The van der Waals surface area contributed by atoms with Gasteiger partial charge in [-0.3, -0.25) is 4.90 Å². The number of hydrogen-bond donors (Lipinski definition) is 1. The van der Waals surface area contributed by atoms with Crippen LogP contribution in [0.4, 0.5) is 4.79 Å². The molecule has 3 unspecified atom stereocenters. The van der Waals surface area contributed by atoms with Crippen LogP contribution in [0.15, 0.2) is 24.3 Å². The second-order valence-corrected chi connectivity index (χ2v) is 7.19. The normalized spacial score (nSPS) is 26.0. The lowest BCUT2D eigenvalue weighted by atomic mass is 9.76. The molecule has 1 saturated heterocycles. The summed E-state index contributed by atoms with van der Waals surface area (Å²) in [5.41, 5.74) is 5.25. The molecule has 0 bridgehead atoms. The summed E-state index contributed by atoms with van der Waals surface area (Å²) in [6.45, 7) is 2.67. The summed E-state index contributed by atoms with van der Waals surface area (Å²) >= 11 is 0. The molecule has 6 nitrogen and oxygen atoms in total. The maximum Gasteiger partial charge on any atom is 0.404 e. The summed E-state index contributed by atoms with van der Waals surface area (Å²) < 4.78 is 16.4. The molecule has 1 aliphatic carbocycles. The molecule has 0 aromatic heterocycles. The molecule has 2 N–H and O–H groups in total. The van der Waals surface area contributed by atoms with E-state index in [1.807, 2.05) is 24.3 Å². The van der Waals surface area contributed by atoms with Crippen LogP contribution in [-0.2, 0) is 4.74 Å². The number of benzene rings is 1. The molecule has 26 heavy (non-hydrogen) atoms. The van der Waals surface area contributed by atoms with Gasteiger partial charge in [0.15, 0.2) is 0 Å². The largest absolute Gasteiger partial charge is 0.497 e. The zero-order chi connectivity index (χ0) is 18.4. The smallest absolute Gasteiger partial charge is 0.404 e. The molecule has 3 atom stereocenters. The third-order valence-electron chi connectivity index (χ3n) is 5.61. The van der Waals surface area contributed by atoms with Crippen LogP contribution in [0.2, 0.25) is 0 Å². The third-order valence-corrected chi connectivity index (χ3v) is 5.61. The SMILES string of the molecule is COc1ccc(OCCCN2CCC(OC(N)=O)C3CCCCC32)cc1. The number of piperidine rings is 1. The van der Waals surface area contributed by atoms with Crippen molar-refractivity contribution in [3.05, 3.63) is 24.3 Å². The van der Waals surface area contributed by atoms with Gasteiger partial charge in [-0.05, 0) is 49.9 Å². The Morgan fingerprint density at radius 2 is 1.88 bits per heavy atom. The predicted octanol–water partition coefficient (Wildman–Crippen LogP) is 3.19. The maximum absolute atomic E-state index is 11.2. The first kappa shape index (κ1) is 18.8. The summed E-state index contributed by atoms with van der Waals surface area (Å²) in [6.07, 6.45) is 5.99. The van der Waals surface area contributed by atoms with Crippen molar-refractivity contribution < 1.29 is 19.0 Å². The molecule has 3 rings (SSSR count). The number of nitrogens with zero attached hydrogens (tertiary/aromatic N) is 1. The van der Waals surface area contributed by atoms with E-state index in [4.69, 9.17) is 19.9 Å². The second-order valence-electron chi connectivity index (χ2n) is 7.19. The molecule has 1 amide bonds. The number of rotatable bonds is 7. The van der Waals surface area contributed by atoms with E-state index in [0.717, 1.165) is 43.9 Å². The molecule has 6 heteroatoms. The van der Waals surface area contributed by atoms with E-state index in [-0.39, 0.29) is 6.10 Å². The Morgan fingerprint density at radius 1 is 1.15 bits per heavy atom. The fraction of sp³-hybridized carbons (Fsp3) is 0.650. The van der Waals surface area contributed by atoms with E-state index in [9.17, 15) is 4.79 Å². The van der Waals surface area contributed by atoms with Crippen molar-refractivity contribution in [3.63, 3.8) is 0 Å². The van der Waals surface area contributed by atoms with Crippen molar-refractivity contribution >= 4 is 6.09 Å². The van der Waals surface area contributed by atoms with Crippen LogP contribution in [0.25, 0.3) is 0 Å². The molecule has 1 heterocycles. The molecule has 1 aromatic carbocycles. The van der Waals surface area contributed by atoms with Gasteiger partial charge in [0, 0.05) is 25.0 Å². The van der Waals surface area contributed by atoms with Crippen LogP contribution in [0.5, 0.6) is 11.5 Å². The van der Waals surface area contributed by atoms with Gasteiger partial charge in [0.25, 0.3) is 0 Å². The topological polar surface area (TPSA) is 74.0 Å². The summed E-state index contributed by atoms with van der Waals surface area (Å²) in [4.78, 5) is 13.7. The Labute approximate surface area is 155 Å². The van der Waals surface area contributed by atoms with Crippen LogP contribution in [0.1, 0.15) is 38.5 Å². The minimum absolute atomic E-state index is 0.00963. The number of primary amides is 1. The van der Waals surface area contributed by atoms with Gasteiger partial charge >= 0.3 is 6.09 Å². The monoisotopic (exact) mass is 362 g/mol. The average molecular weight is 362 g/mol. The van der Waals surface area contributed by atoms with Gasteiger partial charge in [0.05, 0.1) is 13.7 Å². The van der Waals surface area contributed by atoms with Crippen LogP contribution in [-0.4, -0.2) is 49.9 Å². The number of nitrogens with two attached hydrogens (primary N) is 1. The Morgan fingerprint density at radius 3 is 2.62 bits per heavy atom. The van der Waals surface area contributed by atoms with Gasteiger partial charge in [0.1, 0.15) is 17.6 Å². The standard InChI is InChI=1S/C20H30N2O4/c1-24-15-7-9-16(10-8-15)25-14-4-12-22-13-11-19(26-20(21)23)17-5-2-3-6-18(17)22/h7-10,17-19H,2-6,11-14H2,1H3,(H2,21,23). The zero-order valence-electron chi connectivity index (χ0n) is 15.6. The summed E-state index contributed by atoms with van der Waals surface area (Å²) in [7, 11) is 1.66. The van der Waals surface area contributed by atoms with Gasteiger partial charge in [-0.25, -0.2) is 4.79 Å². The molecule has 1 aromatic rings. The van der Waals surface area contributed by atoms with Crippen LogP contribution in [0.3, 0.4) is 0 Å². The highest BCUT2D eigenvalue weighted by Gasteiger charge is 2.40. The van der Waals surface area contributed by atoms with E-state index < -0.39 is 6.09 Å². The fourth-order valence-electron chi connectivity index (χ4n) is 4.40. The number of carbonyl (C=O) groups is 1. The molecule has 2 fully saturated rings. The molecule has 1 aliphatic heterocycles. The first-order chi connectivity index (χ1) is 12.7. The highest BCUT2D eigenvalue weighted by molar-refractivity contribution is 5.64. The molecule has 0 spiro atoms. The van der Waals surface area contributed by atoms with Crippen molar-refractivity contribution in [1.29, 1.82) is 0 Å². The van der Waals surface area contributed by atoms with Crippen molar-refractivity contribution in [3.8, 4) is 11.5 Å². The highest BCUT2D eigenvalue weighted by Crippen LogP contribution is 2.37. The molecule has 0 radical (unpaired) electrons. The number of fused-ring (bicyclic) bond motifs is 1. The lowest BCUT2D eigenvalue weighted by molar-refractivity contribution is -0.0423. The third kappa shape index (κ3) is 4.81. The van der Waals surface area contributed by atoms with Gasteiger partial charge in [-0.2, -0.15) is 0 Å². The quantitative estimate of drug-likeness (QED) is 0.754. The zero-order valence-corrected chi connectivity index (χ0v) is 15.6. The van der Waals surface area contributed by atoms with Gasteiger partial charge in [-0.15, -0.1) is 0 Å². The summed E-state index contributed by atoms with van der Waals surface area (Å²) in [5.74, 6) is 2.13. The first-order valence-electron chi connectivity index (χ1n) is 9.64. The van der Waals surface area contributed by atoms with Crippen molar-refractivity contribution in [2.75, 3.05) is 26.8 Å². The Bertz CT molecular complexity index is 578. The van der Waals surface area contributed by atoms with Crippen LogP contribution >= 0.6 is 0 Å². The minimum Gasteiger partial charge on any atom is -0.497 e. The van der Waals surface area contributed by atoms with E-state index >= 15 is 0 Å². The number of likely N-dealkylation sites (tertiary alicyclic amines) is 1. The van der Waals surface area contributed by atoms with E-state index in [0.29, 0.717) is 18.6 Å². The Balaban J connectivity index is 1.46. The van der Waals surface area contributed by atoms with E-state index in [2.05, 4.69) is 4.90 Å². The lowest BCUT2D eigenvalue weighted by Crippen LogP contribution is -2.54. The number of carbonyl (C=O) groups excluding carboxylic acids is 1. The Hall–Kier alpha value is -1.95. The minimum atomic E-state index is -0.638. The first-order valence-corrected chi connectivity index (χ1v) is 9.64. The Kier molecular flexibility index (Phi) is 6.61. The number of amides is 1. The molecule has 144 valence electrons. The van der Waals surface area contributed by atoms with Crippen molar-refractivity contribution in [1.82, 2.24) is 4.90 Å². The number of ether oxygens (including phenoxy) is 3. The molecular weight excluding hydrogens is 332 g/mol. The number of hydrogen-bond acceptors (Lipinski definition) is 5. The van der Waals surface area contributed by atoms with Crippen molar-refractivity contribution in [2.45, 2.75) is 50.7 Å². The average Bonchev–Trinajstić information content (AvgIpc) is 2.66. The van der Waals surface area contributed by atoms with Crippen molar-refractivity contribution in [2.24, 2.45) is 11.7 Å². The van der Waals surface area contributed by atoms with Crippen LogP contribution < -0.4 is 15.2 Å². The van der Waals surface area contributed by atoms with E-state index in [1.165, 1.54) is 19.3 Å². The fourth-order valence-corrected chi connectivity index (χ4v) is 4.40. The molecule has 1 saturated carbocycles. The lowest BCUT2D eigenvalue weighted by Gasteiger charge is -2.47. The summed E-state index contributed by atoms with van der Waals surface area (Å²) in [6, 6.07) is 8.19. The number of methoxy groups -OCH3 is 1. The van der Waals surface area contributed by atoms with Gasteiger partial charge in [0.2, 0.25) is 0 Å². The second kappa shape index (κ2) is 9.12. The van der Waals surface area contributed by atoms with Crippen LogP contribution in [0, 0.1) is 5.92 Å². The maximum atomic E-state index is 11.2. The summed E-state index contributed by atoms with van der Waals surface area (Å²) in [5, 5.41) is 0. The highest BCUT2D eigenvalue weighted by atomic mass is 16.6. The van der Waals surface area contributed by atoms with E-state index in [1.54, 1.807) is 7.11 Å². The molecular formula is C20H30N2O4. The molecule has 2 aliphatic rings.